The van der Waals surface area contributed by atoms with Gasteiger partial charge in [-0.05, 0) is 42.6 Å². The number of anilines is 1. The summed E-state index contributed by atoms with van der Waals surface area (Å²) in [5.74, 6) is 0.321. The van der Waals surface area contributed by atoms with Crippen molar-refractivity contribution in [1.29, 1.82) is 0 Å². The summed E-state index contributed by atoms with van der Waals surface area (Å²) >= 11 is 1.56. The molecule has 0 fully saturated rings. The molecule has 1 aromatic rings. The molecule has 2 rings (SSSR count). The lowest BCUT2D eigenvalue weighted by atomic mass is 9.86. The van der Waals surface area contributed by atoms with Crippen LogP contribution in [-0.4, -0.2) is 54.7 Å². The summed E-state index contributed by atoms with van der Waals surface area (Å²) in [5, 5.41) is 3.05. The fraction of sp³-hybridized carbons (Fsp3) is 0.636. The molecule has 1 N–H and O–H groups in total. The maximum absolute atomic E-state index is 12.9. The highest BCUT2D eigenvalue weighted by atomic mass is 32.2. The number of amides is 2. The van der Waals surface area contributed by atoms with Gasteiger partial charge >= 0.3 is 0 Å². The summed E-state index contributed by atoms with van der Waals surface area (Å²) in [5.41, 5.74) is 2.03. The van der Waals surface area contributed by atoms with Gasteiger partial charge in [-0.25, -0.2) is 0 Å². The number of thioether (sulfide) groups is 1. The number of likely N-dealkylation sites (N-methyl/N-ethyl adjacent to an activating group) is 1. The first kappa shape index (κ1) is 22.8. The number of rotatable bonds is 8. The Morgan fingerprint density at radius 3 is 2.50 bits per heavy atom. The first-order valence-electron chi connectivity index (χ1n) is 10.3. The van der Waals surface area contributed by atoms with Crippen molar-refractivity contribution in [1.82, 2.24) is 10.2 Å². The third kappa shape index (κ3) is 5.29. The molecule has 0 aromatic heterocycles. The summed E-state index contributed by atoms with van der Waals surface area (Å²) < 4.78 is 0. The molecule has 0 saturated heterocycles. The number of hydrogen-bond acceptors (Lipinski definition) is 4. The van der Waals surface area contributed by atoms with Gasteiger partial charge in [-0.1, -0.05) is 47.6 Å². The molecule has 5 nitrogen and oxygen atoms in total. The summed E-state index contributed by atoms with van der Waals surface area (Å²) in [6.07, 6.45) is 0.590. The molecule has 1 atom stereocenters. The van der Waals surface area contributed by atoms with Crippen LogP contribution in [0.4, 0.5) is 5.69 Å². The number of hydrogen-bond donors (Lipinski definition) is 1. The fourth-order valence-electron chi connectivity index (χ4n) is 3.46. The number of nitrogens with one attached hydrogen (secondary N) is 1. The van der Waals surface area contributed by atoms with Crippen molar-refractivity contribution < 1.29 is 9.59 Å². The molecule has 1 unspecified atom stereocenters. The summed E-state index contributed by atoms with van der Waals surface area (Å²) in [6.45, 7) is 16.0. The maximum atomic E-state index is 12.9. The minimum atomic E-state index is -0.473. The summed E-state index contributed by atoms with van der Waals surface area (Å²) in [7, 11) is 0. The first-order valence-corrected chi connectivity index (χ1v) is 11.3. The molecule has 0 saturated carbocycles. The van der Waals surface area contributed by atoms with Crippen molar-refractivity contribution in [2.75, 3.05) is 36.8 Å². The zero-order valence-corrected chi connectivity index (χ0v) is 19.0. The van der Waals surface area contributed by atoms with E-state index in [0.29, 0.717) is 18.7 Å². The lowest BCUT2D eigenvalue weighted by molar-refractivity contribution is -0.125. The van der Waals surface area contributed by atoms with Crippen LogP contribution in [0.1, 0.15) is 53.5 Å². The van der Waals surface area contributed by atoms with Crippen molar-refractivity contribution in [2.24, 2.45) is 0 Å². The number of carbonyl (C=O) groups excluding carboxylic acids is 2. The number of carbonyl (C=O) groups is 2. The van der Waals surface area contributed by atoms with Gasteiger partial charge in [-0.15, -0.1) is 11.8 Å². The van der Waals surface area contributed by atoms with E-state index in [1.54, 1.807) is 16.7 Å². The van der Waals surface area contributed by atoms with E-state index in [-0.39, 0.29) is 17.2 Å². The average molecular weight is 406 g/mol. The number of nitrogens with zero attached hydrogens (tertiary/aromatic N) is 2. The van der Waals surface area contributed by atoms with Crippen molar-refractivity contribution in [3.8, 4) is 0 Å². The standard InChI is InChI=1S/C22H35N3O2S/c1-7-17(21(27)23-12-13-24(8-2)9-3)25-18-14-16(22(4,5)6)10-11-19(18)28-15-20(25)26/h10-11,14,17H,7-9,12-13,15H2,1-6H3,(H,23,27). The average Bonchev–Trinajstić information content (AvgIpc) is 2.66. The second-order valence-corrected chi connectivity index (χ2v) is 9.24. The van der Waals surface area contributed by atoms with Crippen LogP contribution >= 0.6 is 11.8 Å². The van der Waals surface area contributed by atoms with Crippen molar-refractivity contribution in [3.63, 3.8) is 0 Å². The smallest absolute Gasteiger partial charge is 0.243 e. The second-order valence-electron chi connectivity index (χ2n) is 8.23. The van der Waals surface area contributed by atoms with Crippen LogP contribution in [0.3, 0.4) is 0 Å². The van der Waals surface area contributed by atoms with Crippen LogP contribution in [0.2, 0.25) is 0 Å². The molecule has 28 heavy (non-hydrogen) atoms. The maximum Gasteiger partial charge on any atom is 0.243 e. The van der Waals surface area contributed by atoms with Gasteiger partial charge in [0, 0.05) is 18.0 Å². The third-order valence-corrected chi connectivity index (χ3v) is 6.37. The highest BCUT2D eigenvalue weighted by Gasteiger charge is 2.34. The number of fused-ring (bicyclic) bond motifs is 1. The Balaban J connectivity index is 2.24. The van der Waals surface area contributed by atoms with Gasteiger partial charge in [0.05, 0.1) is 11.4 Å². The Morgan fingerprint density at radius 1 is 1.25 bits per heavy atom. The Labute approximate surface area is 174 Å². The predicted octanol–water partition coefficient (Wildman–Crippen LogP) is 3.66. The molecule has 0 aliphatic carbocycles. The van der Waals surface area contributed by atoms with Crippen LogP contribution in [0.5, 0.6) is 0 Å². The molecular formula is C22H35N3O2S. The molecular weight excluding hydrogens is 370 g/mol. The van der Waals surface area contributed by atoms with Gasteiger partial charge in [0.15, 0.2) is 0 Å². The molecule has 1 heterocycles. The third-order valence-electron chi connectivity index (χ3n) is 5.33. The fourth-order valence-corrected chi connectivity index (χ4v) is 4.35. The van der Waals surface area contributed by atoms with Crippen molar-refractivity contribution in [2.45, 2.75) is 64.3 Å². The van der Waals surface area contributed by atoms with Gasteiger partial charge in [0.1, 0.15) is 6.04 Å². The van der Waals surface area contributed by atoms with E-state index in [2.05, 4.69) is 63.0 Å². The molecule has 156 valence electrons. The molecule has 6 heteroatoms. The normalized spacial score (nSPS) is 15.5. The highest BCUT2D eigenvalue weighted by Crippen LogP contribution is 2.39. The van der Waals surface area contributed by atoms with Crippen molar-refractivity contribution >= 4 is 29.3 Å². The lowest BCUT2D eigenvalue weighted by Gasteiger charge is -2.36. The Kier molecular flexibility index (Phi) is 7.96. The largest absolute Gasteiger partial charge is 0.353 e. The molecule has 0 radical (unpaired) electrons. The van der Waals surface area contributed by atoms with Gasteiger partial charge in [0.25, 0.3) is 0 Å². The van der Waals surface area contributed by atoms with Gasteiger partial charge in [-0.2, -0.15) is 0 Å². The number of benzene rings is 1. The predicted molar refractivity (Wildman–Crippen MR) is 118 cm³/mol. The zero-order valence-electron chi connectivity index (χ0n) is 18.2. The first-order chi connectivity index (χ1) is 13.2. The van der Waals surface area contributed by atoms with E-state index in [1.807, 2.05) is 6.92 Å². The Bertz CT molecular complexity index is 696. The van der Waals surface area contributed by atoms with E-state index in [9.17, 15) is 9.59 Å². The van der Waals surface area contributed by atoms with Crippen LogP contribution in [0.25, 0.3) is 0 Å². The lowest BCUT2D eigenvalue weighted by Crippen LogP contribution is -2.52. The van der Waals surface area contributed by atoms with E-state index in [4.69, 9.17) is 0 Å². The molecule has 0 bridgehead atoms. The second kappa shape index (κ2) is 9.79. The molecule has 1 aliphatic rings. The molecule has 1 aromatic carbocycles. The minimum absolute atomic E-state index is 0.00861. The van der Waals surface area contributed by atoms with Gasteiger partial charge in [0.2, 0.25) is 11.8 Å². The molecule has 2 amide bonds. The summed E-state index contributed by atoms with van der Waals surface area (Å²) in [4.78, 5) is 30.8. The van der Waals surface area contributed by atoms with Crippen LogP contribution in [0.15, 0.2) is 23.1 Å². The zero-order chi connectivity index (χ0) is 20.9. The minimum Gasteiger partial charge on any atom is -0.353 e. The Hall–Kier alpha value is -1.53. The van der Waals surface area contributed by atoms with Gasteiger partial charge in [-0.3, -0.25) is 14.5 Å². The van der Waals surface area contributed by atoms with Crippen LogP contribution in [0, 0.1) is 0 Å². The van der Waals surface area contributed by atoms with Crippen LogP contribution in [-0.2, 0) is 15.0 Å². The van der Waals surface area contributed by atoms with Crippen LogP contribution < -0.4 is 10.2 Å². The molecule has 0 spiro atoms. The van der Waals surface area contributed by atoms with E-state index >= 15 is 0 Å². The summed E-state index contributed by atoms with van der Waals surface area (Å²) in [6, 6.07) is 5.83. The SMILES string of the molecule is CCC(C(=O)NCCN(CC)CC)N1C(=O)CSc2ccc(C(C)(C)C)cc21. The van der Waals surface area contributed by atoms with E-state index in [0.717, 1.165) is 30.2 Å². The monoisotopic (exact) mass is 405 g/mol. The quantitative estimate of drug-likeness (QED) is 0.717. The van der Waals surface area contributed by atoms with E-state index in [1.165, 1.54) is 5.56 Å². The topological polar surface area (TPSA) is 52.7 Å². The highest BCUT2D eigenvalue weighted by molar-refractivity contribution is 8.00. The van der Waals surface area contributed by atoms with Gasteiger partial charge < -0.3 is 10.2 Å². The van der Waals surface area contributed by atoms with E-state index < -0.39 is 6.04 Å². The molecule has 1 aliphatic heterocycles. The van der Waals surface area contributed by atoms with Crippen molar-refractivity contribution in [3.05, 3.63) is 23.8 Å². The Morgan fingerprint density at radius 2 is 1.93 bits per heavy atom.